The minimum absolute atomic E-state index is 0.124. The summed E-state index contributed by atoms with van der Waals surface area (Å²) in [6, 6.07) is 3.83. The Bertz CT molecular complexity index is 701. The molecule has 0 saturated carbocycles. The molecule has 2 fully saturated rings. The number of likely N-dealkylation sites (tertiary alicyclic amines) is 1. The van der Waals surface area contributed by atoms with E-state index in [4.69, 9.17) is 19.4 Å². The van der Waals surface area contributed by atoms with Gasteiger partial charge in [0.2, 0.25) is 5.91 Å². The van der Waals surface area contributed by atoms with Gasteiger partial charge in [0.25, 0.3) is 0 Å². The summed E-state index contributed by atoms with van der Waals surface area (Å²) in [6.45, 7) is 3.16. The molecule has 0 radical (unpaired) electrons. The van der Waals surface area contributed by atoms with Crippen LogP contribution in [0.4, 0.5) is 13.2 Å². The highest BCUT2D eigenvalue weighted by atomic mass is 19.4. The number of hydrogen-bond donors (Lipinski definition) is 1. The SMILES string of the molecule is COCCC1COC2(CCCN(C(=O)Cc3cccnc3)C2)C1.O=C(O)C(F)(F)F. The maximum absolute atomic E-state index is 12.6. The Labute approximate surface area is 173 Å². The molecule has 2 saturated heterocycles. The summed E-state index contributed by atoms with van der Waals surface area (Å²) < 4.78 is 43.1. The number of rotatable bonds is 5. The van der Waals surface area contributed by atoms with E-state index in [2.05, 4.69) is 4.98 Å². The first-order chi connectivity index (χ1) is 14.1. The van der Waals surface area contributed by atoms with Crippen molar-refractivity contribution in [1.82, 2.24) is 9.88 Å². The lowest BCUT2D eigenvalue weighted by Gasteiger charge is -2.40. The standard InChI is InChI=1S/C18H26N2O3.C2HF3O2/c1-22-9-5-16-11-18(23-13-16)6-3-8-20(14-18)17(21)10-15-4-2-7-19-12-15;3-2(4,5)1(6)7/h2,4,7,12,16H,3,5-6,8-11,13-14H2,1H3;(H,6,7). The van der Waals surface area contributed by atoms with Crippen LogP contribution in [0.3, 0.4) is 0 Å². The van der Waals surface area contributed by atoms with Crippen LogP contribution in [0.15, 0.2) is 24.5 Å². The van der Waals surface area contributed by atoms with Crippen LogP contribution in [0.2, 0.25) is 0 Å². The summed E-state index contributed by atoms with van der Waals surface area (Å²) in [5.41, 5.74) is 0.851. The molecule has 2 atom stereocenters. The number of aliphatic carboxylic acids is 1. The van der Waals surface area contributed by atoms with Crippen LogP contribution in [0, 0.1) is 5.92 Å². The lowest BCUT2D eigenvalue weighted by molar-refractivity contribution is -0.192. The molecule has 168 valence electrons. The fourth-order valence-corrected chi connectivity index (χ4v) is 3.79. The summed E-state index contributed by atoms with van der Waals surface area (Å²) >= 11 is 0. The lowest BCUT2D eigenvalue weighted by Crippen LogP contribution is -2.50. The fraction of sp³-hybridized carbons (Fsp3) is 0.650. The molecule has 2 unspecified atom stereocenters. The number of alkyl halides is 3. The first kappa shape index (κ1) is 24.1. The molecule has 2 aliphatic heterocycles. The number of carboxylic acids is 1. The van der Waals surface area contributed by atoms with E-state index in [1.165, 1.54) is 0 Å². The Morgan fingerprint density at radius 1 is 1.43 bits per heavy atom. The van der Waals surface area contributed by atoms with E-state index in [0.29, 0.717) is 12.3 Å². The topological polar surface area (TPSA) is 89.0 Å². The monoisotopic (exact) mass is 432 g/mol. The molecular formula is C20H27F3N2O5. The van der Waals surface area contributed by atoms with Crippen LogP contribution in [-0.4, -0.2) is 72.1 Å². The minimum atomic E-state index is -5.08. The highest BCUT2D eigenvalue weighted by molar-refractivity contribution is 5.78. The predicted octanol–water partition coefficient (Wildman–Crippen LogP) is 2.69. The number of carboxylic acid groups (broad SMARTS) is 1. The second-order valence-electron chi connectivity index (χ2n) is 7.61. The molecule has 0 aromatic carbocycles. The van der Waals surface area contributed by atoms with Crippen LogP contribution in [0.5, 0.6) is 0 Å². The Hall–Kier alpha value is -2.20. The average Bonchev–Trinajstić information content (AvgIpc) is 3.09. The summed E-state index contributed by atoms with van der Waals surface area (Å²) in [6.07, 6.45) is 3.02. The number of methoxy groups -OCH3 is 1. The molecule has 3 heterocycles. The Morgan fingerprint density at radius 3 is 2.77 bits per heavy atom. The highest BCUT2D eigenvalue weighted by Gasteiger charge is 2.44. The molecule has 7 nitrogen and oxygen atoms in total. The van der Waals surface area contributed by atoms with Gasteiger partial charge in [0, 0.05) is 39.2 Å². The van der Waals surface area contributed by atoms with Gasteiger partial charge in [0.1, 0.15) is 0 Å². The number of aromatic nitrogens is 1. The number of amides is 1. The van der Waals surface area contributed by atoms with Crippen molar-refractivity contribution in [1.29, 1.82) is 0 Å². The first-order valence-corrected chi connectivity index (χ1v) is 9.75. The molecule has 1 spiro atoms. The maximum atomic E-state index is 12.6. The summed E-state index contributed by atoms with van der Waals surface area (Å²) in [5.74, 6) is -2.02. The van der Waals surface area contributed by atoms with Gasteiger partial charge in [0.05, 0.1) is 18.6 Å². The van der Waals surface area contributed by atoms with Crippen LogP contribution in [0.25, 0.3) is 0 Å². The van der Waals surface area contributed by atoms with Gasteiger partial charge >= 0.3 is 12.1 Å². The van der Waals surface area contributed by atoms with Crippen molar-refractivity contribution in [2.24, 2.45) is 5.92 Å². The zero-order chi connectivity index (χ0) is 22.2. The largest absolute Gasteiger partial charge is 0.490 e. The number of nitrogens with zero attached hydrogens (tertiary/aromatic N) is 2. The third-order valence-corrected chi connectivity index (χ3v) is 5.23. The van der Waals surface area contributed by atoms with E-state index in [0.717, 1.165) is 57.6 Å². The number of hydrogen-bond acceptors (Lipinski definition) is 5. The molecule has 3 rings (SSSR count). The molecule has 10 heteroatoms. The van der Waals surface area contributed by atoms with Crippen molar-refractivity contribution in [2.45, 2.75) is 43.9 Å². The van der Waals surface area contributed by atoms with Gasteiger partial charge in [-0.15, -0.1) is 0 Å². The van der Waals surface area contributed by atoms with Gasteiger partial charge in [-0.2, -0.15) is 13.2 Å². The van der Waals surface area contributed by atoms with Gasteiger partial charge in [-0.1, -0.05) is 6.07 Å². The van der Waals surface area contributed by atoms with Crippen molar-refractivity contribution in [3.05, 3.63) is 30.1 Å². The van der Waals surface area contributed by atoms with E-state index in [1.54, 1.807) is 19.5 Å². The lowest BCUT2D eigenvalue weighted by atomic mass is 9.85. The number of pyridine rings is 1. The van der Waals surface area contributed by atoms with Crippen LogP contribution in [0.1, 0.15) is 31.2 Å². The van der Waals surface area contributed by atoms with E-state index in [-0.39, 0.29) is 11.5 Å². The first-order valence-electron chi connectivity index (χ1n) is 9.75. The normalized spacial score (nSPS) is 23.7. The van der Waals surface area contributed by atoms with Crippen molar-refractivity contribution in [3.63, 3.8) is 0 Å². The fourth-order valence-electron chi connectivity index (χ4n) is 3.79. The minimum Gasteiger partial charge on any atom is -0.475 e. The zero-order valence-corrected chi connectivity index (χ0v) is 16.9. The summed E-state index contributed by atoms with van der Waals surface area (Å²) in [7, 11) is 1.74. The summed E-state index contributed by atoms with van der Waals surface area (Å²) in [4.78, 5) is 27.5. The maximum Gasteiger partial charge on any atom is 0.490 e. The van der Waals surface area contributed by atoms with Crippen LogP contribution < -0.4 is 0 Å². The quantitative estimate of drug-likeness (QED) is 0.770. The van der Waals surface area contributed by atoms with Gasteiger partial charge in [-0.25, -0.2) is 4.79 Å². The van der Waals surface area contributed by atoms with Gasteiger partial charge in [-0.3, -0.25) is 9.78 Å². The molecule has 1 N–H and O–H groups in total. The van der Waals surface area contributed by atoms with Crippen molar-refractivity contribution in [2.75, 3.05) is 33.4 Å². The van der Waals surface area contributed by atoms with E-state index >= 15 is 0 Å². The number of halogens is 3. The highest BCUT2D eigenvalue weighted by Crippen LogP contribution is 2.38. The van der Waals surface area contributed by atoms with E-state index in [9.17, 15) is 18.0 Å². The molecule has 2 aliphatic rings. The Kier molecular flexibility index (Phi) is 8.60. The molecule has 0 aliphatic carbocycles. The second kappa shape index (κ2) is 10.7. The molecule has 0 bridgehead atoms. The van der Waals surface area contributed by atoms with Crippen molar-refractivity contribution in [3.8, 4) is 0 Å². The molecule has 1 aromatic heterocycles. The molecule has 1 aromatic rings. The van der Waals surface area contributed by atoms with E-state index in [1.807, 2.05) is 17.0 Å². The second-order valence-corrected chi connectivity index (χ2v) is 7.61. The number of carbonyl (C=O) groups excluding carboxylic acids is 1. The third kappa shape index (κ3) is 7.24. The smallest absolute Gasteiger partial charge is 0.475 e. The van der Waals surface area contributed by atoms with Crippen molar-refractivity contribution >= 4 is 11.9 Å². The van der Waals surface area contributed by atoms with Crippen LogP contribution >= 0.6 is 0 Å². The average molecular weight is 432 g/mol. The van der Waals surface area contributed by atoms with Gasteiger partial charge < -0.3 is 19.5 Å². The molecule has 1 amide bonds. The van der Waals surface area contributed by atoms with Crippen molar-refractivity contribution < 1.29 is 37.3 Å². The van der Waals surface area contributed by atoms with Gasteiger partial charge in [-0.05, 0) is 43.2 Å². The predicted molar refractivity (Wildman–Crippen MR) is 101 cm³/mol. The zero-order valence-electron chi connectivity index (χ0n) is 16.9. The number of carbonyl (C=O) groups is 2. The Balaban J connectivity index is 0.000000396. The molecule has 30 heavy (non-hydrogen) atoms. The van der Waals surface area contributed by atoms with E-state index < -0.39 is 12.1 Å². The number of ether oxygens (including phenoxy) is 2. The van der Waals surface area contributed by atoms with Gasteiger partial charge in [0.15, 0.2) is 0 Å². The third-order valence-electron chi connectivity index (χ3n) is 5.23. The molecular weight excluding hydrogens is 405 g/mol. The Morgan fingerprint density at radius 2 is 2.17 bits per heavy atom. The number of piperidine rings is 1. The van der Waals surface area contributed by atoms with Crippen LogP contribution in [-0.2, 0) is 25.5 Å². The summed E-state index contributed by atoms with van der Waals surface area (Å²) in [5, 5.41) is 7.12.